The van der Waals surface area contributed by atoms with E-state index in [0.717, 1.165) is 18.2 Å². The zero-order chi connectivity index (χ0) is 18.7. The highest BCUT2D eigenvalue weighted by Crippen LogP contribution is 2.47. The zero-order valence-electron chi connectivity index (χ0n) is 14.0. The van der Waals surface area contributed by atoms with E-state index in [1.165, 1.54) is 11.3 Å². The fraction of sp³-hybridized carbons (Fsp3) is 0.438. The van der Waals surface area contributed by atoms with Gasteiger partial charge in [0.25, 0.3) is 5.91 Å². The molecule has 0 spiro atoms. The molecule has 26 heavy (non-hydrogen) atoms. The van der Waals surface area contributed by atoms with Crippen molar-refractivity contribution in [1.29, 1.82) is 0 Å². The lowest BCUT2D eigenvalue weighted by atomic mass is 10.3. The molecule has 1 unspecified atom stereocenters. The van der Waals surface area contributed by atoms with Gasteiger partial charge in [-0.2, -0.15) is 0 Å². The van der Waals surface area contributed by atoms with Crippen molar-refractivity contribution in [1.82, 2.24) is 15.3 Å². The number of aromatic carboxylic acids is 1. The number of anilines is 1. The number of fused-ring (bicyclic) bond motifs is 1. The van der Waals surface area contributed by atoms with Gasteiger partial charge in [-0.3, -0.25) is 4.79 Å². The number of hydrogen-bond donors (Lipinski definition) is 3. The Labute approximate surface area is 163 Å². The molecular formula is C16H16Cl2N4O3S. The van der Waals surface area contributed by atoms with Crippen LogP contribution in [-0.4, -0.2) is 46.1 Å². The monoisotopic (exact) mass is 414 g/mol. The van der Waals surface area contributed by atoms with Crippen LogP contribution < -0.4 is 10.2 Å². The van der Waals surface area contributed by atoms with Crippen LogP contribution in [0.1, 0.15) is 31.5 Å². The molecule has 3 heterocycles. The maximum absolute atomic E-state index is 12.4. The number of carboxylic acid groups (broad SMARTS) is 1. The first-order valence-electron chi connectivity index (χ1n) is 8.08. The molecule has 7 nitrogen and oxygen atoms in total. The lowest BCUT2D eigenvalue weighted by Gasteiger charge is -2.19. The Hall–Kier alpha value is -1.77. The van der Waals surface area contributed by atoms with E-state index in [1.807, 2.05) is 0 Å². The number of aryl methyl sites for hydroxylation is 2. The predicted molar refractivity (Wildman–Crippen MR) is 99.8 cm³/mol. The number of aromatic nitrogens is 2. The van der Waals surface area contributed by atoms with Gasteiger partial charge in [0, 0.05) is 36.7 Å². The summed E-state index contributed by atoms with van der Waals surface area (Å²) in [6.45, 7) is 4.96. The summed E-state index contributed by atoms with van der Waals surface area (Å²) in [4.78, 5) is 33.2. The van der Waals surface area contributed by atoms with Crippen LogP contribution in [0.3, 0.4) is 0 Å². The van der Waals surface area contributed by atoms with Crippen LogP contribution in [0, 0.1) is 25.7 Å². The van der Waals surface area contributed by atoms with E-state index in [-0.39, 0.29) is 27.5 Å². The second-order valence-electron chi connectivity index (χ2n) is 6.70. The number of H-pyrrole nitrogens is 1. The van der Waals surface area contributed by atoms with Gasteiger partial charge in [0.15, 0.2) is 5.13 Å². The number of carbonyl (C=O) groups excluding carboxylic acids is 1. The molecule has 0 bridgehead atoms. The molecule has 3 N–H and O–H groups in total. The van der Waals surface area contributed by atoms with Crippen LogP contribution in [0.2, 0.25) is 10.0 Å². The number of nitrogens with zero attached hydrogens (tertiary/aromatic N) is 2. The van der Waals surface area contributed by atoms with Crippen LogP contribution >= 0.6 is 34.5 Å². The smallest absolute Gasteiger partial charge is 0.347 e. The highest BCUT2D eigenvalue weighted by Gasteiger charge is 2.57. The number of carbonyl (C=O) groups is 2. The molecule has 3 atom stereocenters. The number of thiazole rings is 1. The molecule has 10 heteroatoms. The minimum Gasteiger partial charge on any atom is -0.477 e. The van der Waals surface area contributed by atoms with Crippen molar-refractivity contribution < 1.29 is 14.7 Å². The Morgan fingerprint density at radius 3 is 2.42 bits per heavy atom. The van der Waals surface area contributed by atoms with Crippen LogP contribution in [0.15, 0.2) is 0 Å². The molecule has 1 aliphatic heterocycles. The number of aromatic amines is 1. The van der Waals surface area contributed by atoms with E-state index in [0.29, 0.717) is 28.2 Å². The molecule has 1 amide bonds. The fourth-order valence-electron chi connectivity index (χ4n) is 3.56. The van der Waals surface area contributed by atoms with Crippen molar-refractivity contribution in [3.8, 4) is 0 Å². The van der Waals surface area contributed by atoms with E-state index < -0.39 is 5.97 Å². The Balaban J connectivity index is 1.39. The molecule has 138 valence electrons. The standard InChI is InChI=1S/C16H16Cl2N4O3S/c1-5-9(17)10(18)12(19-5)14(23)21-11-7-3-22(4-8(7)11)16-20-6(2)13(26-16)15(24)25/h7-8,11,19H,3-4H2,1-2H3,(H,21,23)(H,24,25)/t7-,8+,11?. The van der Waals surface area contributed by atoms with Crippen molar-refractivity contribution in [2.75, 3.05) is 18.0 Å². The Bertz CT molecular complexity index is 913. The Morgan fingerprint density at radius 2 is 1.92 bits per heavy atom. The van der Waals surface area contributed by atoms with Gasteiger partial charge in [-0.1, -0.05) is 34.5 Å². The van der Waals surface area contributed by atoms with Crippen molar-refractivity contribution in [3.05, 3.63) is 32.0 Å². The minimum absolute atomic E-state index is 0.0946. The van der Waals surface area contributed by atoms with E-state index >= 15 is 0 Å². The fourth-order valence-corrected chi connectivity index (χ4v) is 4.90. The van der Waals surface area contributed by atoms with Crippen LogP contribution in [0.4, 0.5) is 5.13 Å². The first kappa shape index (κ1) is 17.6. The van der Waals surface area contributed by atoms with E-state index in [1.54, 1.807) is 13.8 Å². The van der Waals surface area contributed by atoms with Gasteiger partial charge >= 0.3 is 5.97 Å². The highest BCUT2D eigenvalue weighted by molar-refractivity contribution is 7.17. The number of rotatable bonds is 4. The van der Waals surface area contributed by atoms with Gasteiger partial charge in [-0.25, -0.2) is 9.78 Å². The van der Waals surface area contributed by atoms with E-state index in [2.05, 4.69) is 20.2 Å². The second kappa shape index (κ2) is 6.14. The number of halogens is 2. The summed E-state index contributed by atoms with van der Waals surface area (Å²) in [7, 11) is 0. The lowest BCUT2D eigenvalue weighted by molar-refractivity contribution is 0.0701. The van der Waals surface area contributed by atoms with Gasteiger partial charge in [-0.15, -0.1) is 0 Å². The molecule has 2 aliphatic rings. The Kier molecular flexibility index (Phi) is 4.17. The summed E-state index contributed by atoms with van der Waals surface area (Å²) >= 11 is 13.3. The van der Waals surface area contributed by atoms with Crippen molar-refractivity contribution >= 4 is 51.5 Å². The van der Waals surface area contributed by atoms with Crippen molar-refractivity contribution in [2.24, 2.45) is 11.8 Å². The number of carboxylic acids is 1. The van der Waals surface area contributed by atoms with Crippen LogP contribution in [0.25, 0.3) is 0 Å². The molecule has 2 fully saturated rings. The third-order valence-corrected chi connectivity index (χ3v) is 7.18. The van der Waals surface area contributed by atoms with E-state index in [4.69, 9.17) is 28.3 Å². The van der Waals surface area contributed by atoms with Gasteiger partial charge in [0.2, 0.25) is 0 Å². The molecule has 2 aromatic rings. The number of hydrogen-bond acceptors (Lipinski definition) is 5. The first-order valence-corrected chi connectivity index (χ1v) is 9.65. The normalized spacial score (nSPS) is 23.8. The van der Waals surface area contributed by atoms with Crippen molar-refractivity contribution in [3.63, 3.8) is 0 Å². The molecule has 0 radical (unpaired) electrons. The van der Waals surface area contributed by atoms with Gasteiger partial charge in [-0.05, 0) is 13.8 Å². The van der Waals surface area contributed by atoms with Gasteiger partial charge in [0.1, 0.15) is 10.6 Å². The molecule has 1 saturated heterocycles. The molecular weight excluding hydrogens is 399 g/mol. The van der Waals surface area contributed by atoms with Crippen LogP contribution in [-0.2, 0) is 0 Å². The number of amides is 1. The zero-order valence-corrected chi connectivity index (χ0v) is 16.3. The Morgan fingerprint density at radius 1 is 1.27 bits per heavy atom. The lowest BCUT2D eigenvalue weighted by Crippen LogP contribution is -2.34. The summed E-state index contributed by atoms with van der Waals surface area (Å²) in [5.41, 5.74) is 1.49. The molecule has 0 aromatic carbocycles. The quantitative estimate of drug-likeness (QED) is 0.713. The summed E-state index contributed by atoms with van der Waals surface area (Å²) in [5, 5.41) is 13.5. The summed E-state index contributed by atoms with van der Waals surface area (Å²) in [5.74, 6) is -0.532. The molecule has 1 saturated carbocycles. The topological polar surface area (TPSA) is 98.3 Å². The van der Waals surface area contributed by atoms with Crippen molar-refractivity contribution in [2.45, 2.75) is 19.9 Å². The third-order valence-electron chi connectivity index (χ3n) is 5.02. The maximum atomic E-state index is 12.4. The average Bonchev–Trinajstić information content (AvgIpc) is 2.97. The average molecular weight is 415 g/mol. The molecule has 1 aliphatic carbocycles. The molecule has 4 rings (SSSR count). The summed E-state index contributed by atoms with van der Waals surface area (Å²) in [6, 6.07) is 0.0946. The van der Waals surface area contributed by atoms with Gasteiger partial charge < -0.3 is 20.3 Å². The first-order chi connectivity index (χ1) is 12.3. The summed E-state index contributed by atoms with van der Waals surface area (Å²) < 4.78 is 0. The van der Waals surface area contributed by atoms with E-state index in [9.17, 15) is 9.59 Å². The highest BCUT2D eigenvalue weighted by atomic mass is 35.5. The summed E-state index contributed by atoms with van der Waals surface area (Å²) in [6.07, 6.45) is 0. The SMILES string of the molecule is Cc1nc(N2C[C@@H]3C(NC(=O)c4[nH]c(C)c(Cl)c4Cl)[C@@H]3C2)sc1C(=O)O. The second-order valence-corrected chi connectivity index (χ2v) is 8.43. The minimum atomic E-state index is -0.947. The van der Waals surface area contributed by atoms with Crippen LogP contribution in [0.5, 0.6) is 0 Å². The third kappa shape index (κ3) is 2.76. The predicted octanol–water partition coefficient (Wildman–Crippen LogP) is 2.96. The number of piperidine rings is 1. The van der Waals surface area contributed by atoms with Gasteiger partial charge in [0.05, 0.1) is 15.7 Å². The molecule has 2 aromatic heterocycles. The largest absolute Gasteiger partial charge is 0.477 e. The maximum Gasteiger partial charge on any atom is 0.347 e. The number of nitrogens with one attached hydrogen (secondary N) is 2.